The number of thioether (sulfide) groups is 1. The zero-order valence-corrected chi connectivity index (χ0v) is 19.5. The van der Waals surface area contributed by atoms with Gasteiger partial charge in [-0.15, -0.1) is 0 Å². The molecule has 2 heterocycles. The van der Waals surface area contributed by atoms with Crippen LogP contribution in [-0.2, 0) is 11.8 Å². The molecule has 0 aromatic carbocycles. The van der Waals surface area contributed by atoms with Crippen molar-refractivity contribution >= 4 is 46.1 Å². The van der Waals surface area contributed by atoms with Crippen molar-refractivity contribution in [2.45, 2.75) is 40.5 Å². The summed E-state index contributed by atoms with van der Waals surface area (Å²) in [5, 5.41) is 9.52. The van der Waals surface area contributed by atoms with Gasteiger partial charge >= 0.3 is 0 Å². The van der Waals surface area contributed by atoms with Crippen LogP contribution in [0.15, 0.2) is 9.70 Å². The number of pyridine rings is 1. The Hall–Kier alpha value is -2.11. The van der Waals surface area contributed by atoms with Crippen LogP contribution in [0.4, 0.5) is 5.82 Å². The van der Waals surface area contributed by atoms with Gasteiger partial charge in [0.2, 0.25) is 0 Å². The lowest BCUT2D eigenvalue weighted by molar-refractivity contribution is -0.122. The van der Waals surface area contributed by atoms with Crippen LogP contribution in [0.3, 0.4) is 0 Å². The molecule has 0 N–H and O–H groups in total. The lowest BCUT2D eigenvalue weighted by atomic mass is 10.0. The van der Waals surface area contributed by atoms with Crippen molar-refractivity contribution in [3.05, 3.63) is 31.9 Å². The molecule has 6 nitrogen and oxygen atoms in total. The molecule has 1 fully saturated rings. The van der Waals surface area contributed by atoms with Crippen molar-refractivity contribution < 1.29 is 4.79 Å². The molecular formula is C21H28N4O2S2. The van der Waals surface area contributed by atoms with Crippen LogP contribution in [-0.4, -0.2) is 39.8 Å². The van der Waals surface area contributed by atoms with E-state index in [1.54, 1.807) is 24.9 Å². The van der Waals surface area contributed by atoms with Gasteiger partial charge in [-0.1, -0.05) is 51.2 Å². The summed E-state index contributed by atoms with van der Waals surface area (Å²) in [5.41, 5.74) is 1.08. The number of amides is 1. The minimum absolute atomic E-state index is 0.101. The SMILES string of the molecule is CCCCN(C)c1c(C=C2SC(=S)N(CC(C)C)C2=O)c(C)c(C#N)c(=O)n1C. The van der Waals surface area contributed by atoms with Gasteiger partial charge in [-0.2, -0.15) is 5.26 Å². The summed E-state index contributed by atoms with van der Waals surface area (Å²) in [4.78, 5) is 29.8. The number of carbonyl (C=O) groups is 1. The smallest absolute Gasteiger partial charge is 0.270 e. The van der Waals surface area contributed by atoms with Crippen LogP contribution in [0.2, 0.25) is 0 Å². The van der Waals surface area contributed by atoms with Gasteiger partial charge in [0, 0.05) is 32.7 Å². The van der Waals surface area contributed by atoms with Crippen LogP contribution in [0.5, 0.6) is 0 Å². The summed E-state index contributed by atoms with van der Waals surface area (Å²) in [5.74, 6) is 0.883. The summed E-state index contributed by atoms with van der Waals surface area (Å²) in [6.07, 6.45) is 3.78. The predicted molar refractivity (Wildman–Crippen MR) is 124 cm³/mol. The van der Waals surface area contributed by atoms with E-state index < -0.39 is 0 Å². The Morgan fingerprint density at radius 1 is 1.34 bits per heavy atom. The lowest BCUT2D eigenvalue weighted by Gasteiger charge is -2.25. The van der Waals surface area contributed by atoms with Crippen molar-refractivity contribution in [1.29, 1.82) is 5.26 Å². The number of nitrogens with zero attached hydrogens (tertiary/aromatic N) is 4. The van der Waals surface area contributed by atoms with E-state index in [0.29, 0.717) is 38.6 Å². The number of hydrogen-bond donors (Lipinski definition) is 0. The highest BCUT2D eigenvalue weighted by Gasteiger charge is 2.33. The Morgan fingerprint density at radius 3 is 2.55 bits per heavy atom. The van der Waals surface area contributed by atoms with Gasteiger partial charge in [-0.25, -0.2) is 0 Å². The molecule has 1 aromatic heterocycles. The summed E-state index contributed by atoms with van der Waals surface area (Å²) < 4.78 is 2.04. The monoisotopic (exact) mass is 432 g/mol. The molecule has 29 heavy (non-hydrogen) atoms. The van der Waals surface area contributed by atoms with E-state index in [1.807, 2.05) is 31.9 Å². The summed E-state index contributed by atoms with van der Waals surface area (Å²) in [6.45, 7) is 9.29. The predicted octanol–water partition coefficient (Wildman–Crippen LogP) is 3.66. The van der Waals surface area contributed by atoms with Gasteiger partial charge in [0.15, 0.2) is 0 Å². The maximum Gasteiger partial charge on any atom is 0.270 e. The first-order chi connectivity index (χ1) is 13.6. The van der Waals surface area contributed by atoms with Crippen LogP contribution < -0.4 is 10.5 Å². The third kappa shape index (κ3) is 4.73. The van der Waals surface area contributed by atoms with Gasteiger partial charge < -0.3 is 4.90 Å². The number of unbranched alkanes of at least 4 members (excludes halogenated alkanes) is 1. The highest BCUT2D eigenvalue weighted by atomic mass is 32.2. The standard InChI is InChI=1S/C21H28N4O2S2/c1-7-8-9-23(5)18-15(14(4)16(11-22)19(26)24(18)6)10-17-20(27)25(12-13(2)3)21(28)29-17/h10,13H,7-9,12H2,1-6H3. The summed E-state index contributed by atoms with van der Waals surface area (Å²) in [6, 6.07) is 2.02. The lowest BCUT2D eigenvalue weighted by Crippen LogP contribution is -2.32. The van der Waals surface area contributed by atoms with Crippen LogP contribution in [0.1, 0.15) is 50.3 Å². The molecule has 0 saturated carbocycles. The summed E-state index contributed by atoms with van der Waals surface area (Å²) in [7, 11) is 3.60. The normalized spacial score (nSPS) is 15.5. The number of anilines is 1. The Morgan fingerprint density at radius 2 is 2.00 bits per heavy atom. The highest BCUT2D eigenvalue weighted by Crippen LogP contribution is 2.35. The number of thiocarbonyl (C=S) groups is 1. The van der Waals surface area contributed by atoms with E-state index in [9.17, 15) is 14.9 Å². The largest absolute Gasteiger partial charge is 0.360 e. The number of hydrogen-bond acceptors (Lipinski definition) is 6. The van der Waals surface area contributed by atoms with Crippen molar-refractivity contribution in [3.8, 4) is 6.07 Å². The zero-order valence-electron chi connectivity index (χ0n) is 17.9. The Balaban J connectivity index is 2.65. The molecule has 0 bridgehead atoms. The molecule has 0 radical (unpaired) electrons. The van der Waals surface area contributed by atoms with Gasteiger partial charge in [-0.05, 0) is 30.9 Å². The van der Waals surface area contributed by atoms with Crippen molar-refractivity contribution in [3.63, 3.8) is 0 Å². The van der Waals surface area contributed by atoms with Crippen molar-refractivity contribution in [2.75, 3.05) is 25.0 Å². The first-order valence-corrected chi connectivity index (χ1v) is 11.0. The first kappa shape index (κ1) is 23.2. The molecular weight excluding hydrogens is 404 g/mol. The Labute approximate surface area is 182 Å². The average Bonchev–Trinajstić information content (AvgIpc) is 2.92. The molecule has 2 rings (SSSR count). The van der Waals surface area contributed by atoms with Gasteiger partial charge in [0.1, 0.15) is 21.8 Å². The van der Waals surface area contributed by atoms with Crippen molar-refractivity contribution in [1.82, 2.24) is 9.47 Å². The number of aromatic nitrogens is 1. The van der Waals surface area contributed by atoms with E-state index in [1.165, 1.54) is 16.3 Å². The molecule has 156 valence electrons. The second kappa shape index (κ2) is 9.59. The minimum atomic E-state index is -0.326. The number of nitriles is 1. The van der Waals surface area contributed by atoms with E-state index >= 15 is 0 Å². The van der Waals surface area contributed by atoms with E-state index in [-0.39, 0.29) is 17.0 Å². The molecule has 0 atom stereocenters. The topological polar surface area (TPSA) is 69.3 Å². The highest BCUT2D eigenvalue weighted by molar-refractivity contribution is 8.26. The molecule has 1 saturated heterocycles. The molecule has 0 spiro atoms. The Kier molecular flexibility index (Phi) is 7.66. The number of rotatable bonds is 7. The fourth-order valence-corrected chi connectivity index (χ4v) is 4.59. The van der Waals surface area contributed by atoms with E-state index in [4.69, 9.17) is 12.2 Å². The van der Waals surface area contributed by atoms with Crippen molar-refractivity contribution in [2.24, 2.45) is 13.0 Å². The van der Waals surface area contributed by atoms with Crippen LogP contribution >= 0.6 is 24.0 Å². The molecule has 1 amide bonds. The van der Waals surface area contributed by atoms with E-state index in [2.05, 4.69) is 6.92 Å². The van der Waals surface area contributed by atoms with Crippen LogP contribution in [0, 0.1) is 24.2 Å². The third-order valence-electron chi connectivity index (χ3n) is 4.87. The van der Waals surface area contributed by atoms with Gasteiger partial charge in [0.05, 0.1) is 4.91 Å². The maximum absolute atomic E-state index is 12.9. The van der Waals surface area contributed by atoms with Crippen LogP contribution in [0.25, 0.3) is 6.08 Å². The fourth-order valence-electron chi connectivity index (χ4n) is 3.33. The minimum Gasteiger partial charge on any atom is -0.360 e. The third-order valence-corrected chi connectivity index (χ3v) is 6.25. The Bertz CT molecular complexity index is 957. The fraction of sp³-hybridized carbons (Fsp3) is 0.524. The maximum atomic E-state index is 12.9. The molecule has 0 aliphatic carbocycles. The quantitative estimate of drug-likeness (QED) is 0.484. The average molecular weight is 433 g/mol. The summed E-state index contributed by atoms with van der Waals surface area (Å²) >= 11 is 6.68. The second-order valence-electron chi connectivity index (χ2n) is 7.67. The molecule has 1 aliphatic heterocycles. The molecule has 1 aromatic rings. The molecule has 1 aliphatic rings. The second-order valence-corrected chi connectivity index (χ2v) is 9.35. The van der Waals surface area contributed by atoms with Gasteiger partial charge in [0.25, 0.3) is 11.5 Å². The number of carbonyl (C=O) groups excluding carboxylic acids is 1. The van der Waals surface area contributed by atoms with E-state index in [0.717, 1.165) is 19.4 Å². The zero-order chi connectivity index (χ0) is 21.9. The molecule has 0 unspecified atom stereocenters. The molecule has 8 heteroatoms. The first-order valence-electron chi connectivity index (χ1n) is 9.74. The van der Waals surface area contributed by atoms with Gasteiger partial charge in [-0.3, -0.25) is 19.1 Å².